The summed E-state index contributed by atoms with van der Waals surface area (Å²) in [5.41, 5.74) is 2.07. The van der Waals surface area contributed by atoms with Gasteiger partial charge in [0, 0.05) is 19.3 Å². The Morgan fingerprint density at radius 3 is 2.52 bits per heavy atom. The number of aromatic nitrogens is 3. The maximum atomic E-state index is 11.6. The molecule has 0 atom stereocenters. The maximum absolute atomic E-state index is 11.6. The zero-order chi connectivity index (χ0) is 20.3. The lowest BCUT2D eigenvalue weighted by Gasteiger charge is -2.29. The SMILES string of the molecule is CS(=O)(=O)N1CCC(Cc2ccc(Nc3ncc(-c4ccccc4)s3)nn2)CC1. The Morgan fingerprint density at radius 2 is 1.86 bits per heavy atom. The van der Waals surface area contributed by atoms with E-state index in [0.29, 0.717) is 24.8 Å². The molecular formula is C20H23N5O2S2. The van der Waals surface area contributed by atoms with Crippen molar-refractivity contribution in [3.05, 3.63) is 54.4 Å². The molecule has 0 radical (unpaired) electrons. The third kappa shape index (κ3) is 5.17. The van der Waals surface area contributed by atoms with Gasteiger partial charge in [-0.3, -0.25) is 0 Å². The molecule has 4 rings (SSSR count). The lowest BCUT2D eigenvalue weighted by molar-refractivity contribution is 0.272. The lowest BCUT2D eigenvalue weighted by atomic mass is 9.93. The first-order valence-electron chi connectivity index (χ1n) is 9.53. The molecular weight excluding hydrogens is 406 g/mol. The molecule has 9 heteroatoms. The van der Waals surface area contributed by atoms with Gasteiger partial charge in [0.05, 0.1) is 16.8 Å². The van der Waals surface area contributed by atoms with Gasteiger partial charge in [0.15, 0.2) is 10.9 Å². The van der Waals surface area contributed by atoms with Gasteiger partial charge in [0.25, 0.3) is 0 Å². The number of rotatable bonds is 6. The fourth-order valence-corrected chi connectivity index (χ4v) is 5.16. The Morgan fingerprint density at radius 1 is 1.10 bits per heavy atom. The second kappa shape index (κ2) is 8.56. The molecule has 29 heavy (non-hydrogen) atoms. The number of sulfonamides is 1. The van der Waals surface area contributed by atoms with Crippen molar-refractivity contribution in [2.75, 3.05) is 24.7 Å². The summed E-state index contributed by atoms with van der Waals surface area (Å²) in [4.78, 5) is 5.51. The third-order valence-corrected chi connectivity index (χ3v) is 7.32. The van der Waals surface area contributed by atoms with E-state index in [4.69, 9.17) is 0 Å². The average Bonchev–Trinajstić information content (AvgIpc) is 3.18. The summed E-state index contributed by atoms with van der Waals surface area (Å²) in [7, 11) is -3.08. The van der Waals surface area contributed by atoms with Gasteiger partial charge in [-0.05, 0) is 42.9 Å². The van der Waals surface area contributed by atoms with E-state index in [9.17, 15) is 8.42 Å². The molecule has 3 heterocycles. The van der Waals surface area contributed by atoms with Crippen LogP contribution in [0, 0.1) is 5.92 Å². The van der Waals surface area contributed by atoms with Crippen molar-refractivity contribution in [2.24, 2.45) is 5.92 Å². The standard InChI is InChI=1S/C20H23N5O2S2/c1-29(26,27)25-11-9-15(10-12-25)13-17-7-8-19(24-23-17)22-20-21-14-18(28-20)16-5-3-2-4-6-16/h2-8,14-15H,9-13H2,1H3,(H,21,22,24). The van der Waals surface area contributed by atoms with Crippen LogP contribution in [0.3, 0.4) is 0 Å². The Kier molecular flexibility index (Phi) is 5.89. The van der Waals surface area contributed by atoms with E-state index in [1.165, 1.54) is 6.26 Å². The first-order valence-corrected chi connectivity index (χ1v) is 12.2. The van der Waals surface area contributed by atoms with Gasteiger partial charge in [-0.1, -0.05) is 41.7 Å². The topological polar surface area (TPSA) is 88.1 Å². The summed E-state index contributed by atoms with van der Waals surface area (Å²) in [6.45, 7) is 1.18. The maximum Gasteiger partial charge on any atom is 0.211 e. The van der Waals surface area contributed by atoms with Crippen LogP contribution in [-0.4, -0.2) is 47.2 Å². The number of nitrogens with zero attached hydrogens (tertiary/aromatic N) is 4. The predicted molar refractivity (Wildman–Crippen MR) is 116 cm³/mol. The van der Waals surface area contributed by atoms with Crippen LogP contribution in [0.4, 0.5) is 10.9 Å². The molecule has 1 aromatic carbocycles. The van der Waals surface area contributed by atoms with Crippen molar-refractivity contribution in [3.63, 3.8) is 0 Å². The molecule has 1 N–H and O–H groups in total. The molecule has 152 valence electrons. The van der Waals surface area contributed by atoms with Crippen LogP contribution in [0.25, 0.3) is 10.4 Å². The molecule has 1 aliphatic rings. The monoisotopic (exact) mass is 429 g/mol. The Balaban J connectivity index is 1.33. The zero-order valence-electron chi connectivity index (χ0n) is 16.2. The molecule has 0 saturated carbocycles. The summed E-state index contributed by atoms with van der Waals surface area (Å²) in [6, 6.07) is 14.0. The van der Waals surface area contributed by atoms with E-state index >= 15 is 0 Å². The average molecular weight is 430 g/mol. The van der Waals surface area contributed by atoms with Gasteiger partial charge in [0.1, 0.15) is 0 Å². The highest BCUT2D eigenvalue weighted by Gasteiger charge is 2.25. The van der Waals surface area contributed by atoms with Crippen LogP contribution in [0.5, 0.6) is 0 Å². The number of benzene rings is 1. The molecule has 0 aliphatic carbocycles. The second-order valence-electron chi connectivity index (χ2n) is 7.24. The Hall–Kier alpha value is -2.36. The highest BCUT2D eigenvalue weighted by molar-refractivity contribution is 7.88. The van der Waals surface area contributed by atoms with Crippen LogP contribution in [0.1, 0.15) is 18.5 Å². The third-order valence-electron chi connectivity index (χ3n) is 5.06. The van der Waals surface area contributed by atoms with E-state index in [-0.39, 0.29) is 0 Å². The van der Waals surface area contributed by atoms with Crippen molar-refractivity contribution < 1.29 is 8.42 Å². The lowest BCUT2D eigenvalue weighted by Crippen LogP contribution is -2.38. The predicted octanol–water partition coefficient (Wildman–Crippen LogP) is 3.56. The molecule has 2 aromatic heterocycles. The molecule has 0 unspecified atom stereocenters. The summed E-state index contributed by atoms with van der Waals surface area (Å²) in [6.07, 6.45) is 5.66. The smallest absolute Gasteiger partial charge is 0.211 e. The van der Waals surface area contributed by atoms with Gasteiger partial charge < -0.3 is 5.32 Å². The first-order chi connectivity index (χ1) is 14.0. The van der Waals surface area contributed by atoms with Crippen LogP contribution >= 0.6 is 11.3 Å². The van der Waals surface area contributed by atoms with Gasteiger partial charge in [0.2, 0.25) is 10.0 Å². The molecule has 1 fully saturated rings. The molecule has 1 aliphatic heterocycles. The van der Waals surface area contributed by atoms with Gasteiger partial charge in [-0.15, -0.1) is 5.10 Å². The molecule has 1 saturated heterocycles. The fraction of sp³-hybridized carbons (Fsp3) is 0.350. The summed E-state index contributed by atoms with van der Waals surface area (Å²) in [5, 5.41) is 12.6. The van der Waals surface area contributed by atoms with Crippen LogP contribution in [0.2, 0.25) is 0 Å². The van der Waals surface area contributed by atoms with E-state index in [1.54, 1.807) is 15.6 Å². The van der Waals surface area contributed by atoms with Gasteiger partial charge in [-0.2, -0.15) is 5.10 Å². The van der Waals surface area contributed by atoms with Crippen molar-refractivity contribution >= 4 is 32.3 Å². The molecule has 0 bridgehead atoms. The quantitative estimate of drug-likeness (QED) is 0.645. The highest BCUT2D eigenvalue weighted by Crippen LogP contribution is 2.30. The molecule has 3 aromatic rings. The zero-order valence-corrected chi connectivity index (χ0v) is 17.8. The van der Waals surface area contributed by atoms with Crippen molar-refractivity contribution in [2.45, 2.75) is 19.3 Å². The van der Waals surface area contributed by atoms with E-state index < -0.39 is 10.0 Å². The van der Waals surface area contributed by atoms with Crippen molar-refractivity contribution in [3.8, 4) is 10.4 Å². The van der Waals surface area contributed by atoms with Crippen LogP contribution in [0.15, 0.2) is 48.7 Å². The highest BCUT2D eigenvalue weighted by atomic mass is 32.2. The van der Waals surface area contributed by atoms with Gasteiger partial charge in [-0.25, -0.2) is 17.7 Å². The minimum atomic E-state index is -3.08. The normalized spacial score (nSPS) is 16.0. The number of nitrogens with one attached hydrogen (secondary N) is 1. The number of thiazole rings is 1. The number of anilines is 2. The molecule has 0 amide bonds. The minimum absolute atomic E-state index is 0.438. The summed E-state index contributed by atoms with van der Waals surface area (Å²) >= 11 is 1.57. The summed E-state index contributed by atoms with van der Waals surface area (Å²) < 4.78 is 24.8. The number of hydrogen-bond acceptors (Lipinski definition) is 7. The largest absolute Gasteiger partial charge is 0.315 e. The van der Waals surface area contributed by atoms with E-state index in [0.717, 1.165) is 40.5 Å². The fourth-order valence-electron chi connectivity index (χ4n) is 3.45. The van der Waals surface area contributed by atoms with Crippen LogP contribution in [-0.2, 0) is 16.4 Å². The molecule has 0 spiro atoms. The second-order valence-corrected chi connectivity index (χ2v) is 10.3. The van der Waals surface area contributed by atoms with E-state index in [1.807, 2.05) is 36.5 Å². The Labute approximate surface area is 174 Å². The first kappa shape index (κ1) is 19.9. The Bertz CT molecular complexity index is 1040. The van der Waals surface area contributed by atoms with Crippen LogP contribution < -0.4 is 5.32 Å². The van der Waals surface area contributed by atoms with Crippen molar-refractivity contribution in [1.82, 2.24) is 19.5 Å². The van der Waals surface area contributed by atoms with E-state index in [2.05, 4.69) is 32.6 Å². The van der Waals surface area contributed by atoms with Crippen molar-refractivity contribution in [1.29, 1.82) is 0 Å². The minimum Gasteiger partial charge on any atom is -0.315 e. The number of piperidine rings is 1. The molecule has 7 nitrogen and oxygen atoms in total. The van der Waals surface area contributed by atoms with Gasteiger partial charge >= 0.3 is 0 Å². The summed E-state index contributed by atoms with van der Waals surface area (Å²) in [5.74, 6) is 1.10. The number of hydrogen-bond donors (Lipinski definition) is 1.